The Bertz CT molecular complexity index is 213. The van der Waals surface area contributed by atoms with Gasteiger partial charge in [-0.3, -0.25) is 0 Å². The van der Waals surface area contributed by atoms with Gasteiger partial charge < -0.3 is 0 Å². The van der Waals surface area contributed by atoms with Gasteiger partial charge >= 0.3 is 95.6 Å². The molecule has 0 atom stereocenters. The van der Waals surface area contributed by atoms with E-state index in [1.807, 2.05) is 0 Å². The zero-order valence-electron chi connectivity index (χ0n) is 5.17. The summed E-state index contributed by atoms with van der Waals surface area (Å²) in [6.07, 6.45) is 0. The second-order valence-corrected chi connectivity index (χ2v) is 3.37. The van der Waals surface area contributed by atoms with Crippen molar-refractivity contribution in [1.29, 1.82) is 0 Å². The first kappa shape index (κ1) is 23.2. The fraction of sp³-hybridized carbons (Fsp3) is 0. The summed E-state index contributed by atoms with van der Waals surface area (Å²) >= 11 is -11.5. The Morgan fingerprint density at radius 2 is 0.667 bits per heavy atom. The fourth-order valence-electron chi connectivity index (χ4n) is 0. The molecule has 0 saturated carbocycles. The van der Waals surface area contributed by atoms with E-state index < -0.39 is 27.2 Å². The molecule has 0 aliphatic carbocycles. The van der Waals surface area contributed by atoms with Gasteiger partial charge in [0.15, 0.2) is 0 Å². The van der Waals surface area contributed by atoms with E-state index in [0.29, 0.717) is 0 Å². The van der Waals surface area contributed by atoms with Crippen molar-refractivity contribution < 1.29 is 95.6 Å². The van der Waals surface area contributed by atoms with Gasteiger partial charge in [-0.05, 0) is 0 Å². The molecular formula is Cr2MnO8Zn. The van der Waals surface area contributed by atoms with E-state index in [2.05, 4.69) is 0 Å². The molecule has 0 aromatic heterocycles. The third kappa shape index (κ3) is 759. The number of hydrogen-bond acceptors (Lipinski definition) is 8. The van der Waals surface area contributed by atoms with Crippen LogP contribution in [0, 0.1) is 0 Å². The molecule has 0 N–H and O–H groups in total. The van der Waals surface area contributed by atoms with Crippen LogP contribution in [0.5, 0.6) is 0 Å². The summed E-state index contributed by atoms with van der Waals surface area (Å²) in [5, 5.41) is 0. The third-order valence-corrected chi connectivity index (χ3v) is 0. The maximum absolute atomic E-state index is 8.59. The molecule has 0 heterocycles. The van der Waals surface area contributed by atoms with Crippen LogP contribution in [-0.2, 0) is 79.0 Å². The van der Waals surface area contributed by atoms with Crippen LogP contribution in [0.25, 0.3) is 0 Å². The largest absolute Gasteiger partial charge is 2.00 e. The predicted molar refractivity (Wildman–Crippen MR) is 2.75 cm³/mol. The summed E-state index contributed by atoms with van der Waals surface area (Å²) in [5.41, 5.74) is 0. The van der Waals surface area contributed by atoms with Gasteiger partial charge in [-0.15, -0.1) is 0 Å². The van der Waals surface area contributed by atoms with E-state index >= 15 is 0 Å². The van der Waals surface area contributed by atoms with Crippen LogP contribution in [0.1, 0.15) is 0 Å². The van der Waals surface area contributed by atoms with Gasteiger partial charge in [0.2, 0.25) is 0 Å². The Balaban J connectivity index is -0.0000000457. The molecule has 0 aliphatic heterocycles. The van der Waals surface area contributed by atoms with Crippen LogP contribution in [0.2, 0.25) is 0 Å². The van der Waals surface area contributed by atoms with Crippen molar-refractivity contribution in [2.24, 2.45) is 0 Å². The molecule has 0 saturated heterocycles. The smallest absolute Gasteiger partial charge is 2.00 e. The molecule has 12 heteroatoms. The van der Waals surface area contributed by atoms with E-state index in [1.54, 1.807) is 0 Å². The molecular weight excluding hydrogens is 352 g/mol. The summed E-state index contributed by atoms with van der Waals surface area (Å²) in [4.78, 5) is 0. The molecule has 0 aromatic rings. The third-order valence-electron chi connectivity index (χ3n) is 0. The maximum atomic E-state index is 8.59. The van der Waals surface area contributed by atoms with Gasteiger partial charge in [-0.1, -0.05) is 0 Å². The minimum atomic E-state index is -5.75. The van der Waals surface area contributed by atoms with Crippen LogP contribution < -0.4 is 16.6 Å². The zero-order chi connectivity index (χ0) is 9.00. The second kappa shape index (κ2) is 8.83. The van der Waals surface area contributed by atoms with Crippen molar-refractivity contribution in [1.82, 2.24) is 0 Å². The van der Waals surface area contributed by atoms with Gasteiger partial charge in [0.05, 0.1) is 0 Å². The van der Waals surface area contributed by atoms with E-state index in [-0.39, 0.29) is 36.5 Å². The normalized spacial score (nSPS) is 9.67. The quantitative estimate of drug-likeness (QED) is 0.391. The molecule has 0 aromatic carbocycles. The van der Waals surface area contributed by atoms with E-state index in [0.717, 1.165) is 0 Å². The molecule has 0 rings (SSSR count). The summed E-state index contributed by atoms with van der Waals surface area (Å²) in [6, 6.07) is 0. The first-order chi connectivity index (χ1) is 4.00. The first-order valence-corrected chi connectivity index (χ1v) is 5.50. The molecule has 0 aliphatic rings. The molecule has 8 nitrogen and oxygen atoms in total. The summed E-state index contributed by atoms with van der Waals surface area (Å²) < 4.78 is 68.8. The van der Waals surface area contributed by atoms with Crippen LogP contribution in [0.3, 0.4) is 0 Å². The Morgan fingerprint density at radius 3 is 0.667 bits per heavy atom. The van der Waals surface area contributed by atoms with Crippen LogP contribution in [-0.4, -0.2) is 0 Å². The van der Waals surface area contributed by atoms with E-state index in [9.17, 15) is 0 Å². The second-order valence-electron chi connectivity index (χ2n) is 0.816. The first-order valence-electron chi connectivity index (χ1n) is 1.33. The van der Waals surface area contributed by atoms with Crippen molar-refractivity contribution in [3.63, 3.8) is 0 Å². The minimum Gasteiger partial charge on any atom is 2.00 e. The fourth-order valence-corrected chi connectivity index (χ4v) is 0. The monoisotopic (exact) mass is 351 g/mol. The van der Waals surface area contributed by atoms with Crippen molar-refractivity contribution in [3.05, 3.63) is 0 Å². The topological polar surface area (TPSA) is 161 Å². The van der Waals surface area contributed by atoms with Gasteiger partial charge in [-0.25, -0.2) is 0 Å². The molecule has 0 bridgehead atoms. The number of rotatable bonds is 0. The molecule has 0 spiro atoms. The zero-order valence-corrected chi connectivity index (χ0v) is 11.9. The molecule has 12 heavy (non-hydrogen) atoms. The average molecular weight is 352 g/mol. The summed E-state index contributed by atoms with van der Waals surface area (Å²) in [5.74, 6) is 0. The van der Waals surface area contributed by atoms with Crippen molar-refractivity contribution in [3.8, 4) is 0 Å². The summed E-state index contributed by atoms with van der Waals surface area (Å²) in [7, 11) is 0. The van der Waals surface area contributed by atoms with Crippen LogP contribution in [0.15, 0.2) is 0 Å². The Kier molecular flexibility index (Phi) is 17.1. The maximum Gasteiger partial charge on any atom is 2.00 e. The molecule has 0 unspecified atom stereocenters. The summed E-state index contributed by atoms with van der Waals surface area (Å²) in [6.45, 7) is 0. The molecule has 0 fully saturated rings. The van der Waals surface area contributed by atoms with Crippen molar-refractivity contribution in [2.75, 3.05) is 0 Å². The minimum absolute atomic E-state index is 0. The molecule has 0 amide bonds. The SMILES string of the molecule is [Mn+2].[O]=[Cr](=[O])([O-])[O-].[O]=[Cr](=[O])([O-])[O-].[Zn+2]. The number of hydrogen-bond donors (Lipinski definition) is 0. The molecule has 1 radical (unpaired) electrons. The Morgan fingerprint density at radius 1 is 0.667 bits per heavy atom. The Hall–Kier alpha value is 1.25. The average Bonchev–Trinajstić information content (AvgIpc) is 1.12. The van der Waals surface area contributed by atoms with Crippen LogP contribution in [0.4, 0.5) is 0 Å². The van der Waals surface area contributed by atoms with Crippen molar-refractivity contribution >= 4 is 0 Å². The van der Waals surface area contributed by atoms with Gasteiger partial charge in [0.1, 0.15) is 0 Å². The van der Waals surface area contributed by atoms with E-state index in [1.165, 1.54) is 0 Å². The van der Waals surface area contributed by atoms with Gasteiger partial charge in [0, 0.05) is 0 Å². The molecule has 69 valence electrons. The van der Waals surface area contributed by atoms with Gasteiger partial charge in [0.25, 0.3) is 0 Å². The standard InChI is InChI=1S/2Cr.Mn.8O.Zn/q;;+2;;;;;4*-1;+2. The van der Waals surface area contributed by atoms with Gasteiger partial charge in [-0.2, -0.15) is 0 Å². The van der Waals surface area contributed by atoms with Crippen molar-refractivity contribution in [2.45, 2.75) is 0 Å². The predicted octanol–water partition coefficient (Wildman–Crippen LogP) is -5.24. The van der Waals surface area contributed by atoms with Crippen LogP contribution >= 0.6 is 0 Å². The van der Waals surface area contributed by atoms with E-state index in [4.69, 9.17) is 31.8 Å². The Labute approximate surface area is 95.0 Å².